The van der Waals surface area contributed by atoms with Crippen molar-refractivity contribution in [2.24, 2.45) is 0 Å². The first kappa shape index (κ1) is 13.2. The highest BCUT2D eigenvalue weighted by Gasteiger charge is 2.17. The molecule has 0 N–H and O–H groups in total. The van der Waals surface area contributed by atoms with Crippen molar-refractivity contribution in [3.63, 3.8) is 0 Å². The zero-order valence-corrected chi connectivity index (χ0v) is 10.7. The van der Waals surface area contributed by atoms with Gasteiger partial charge in [-0.1, -0.05) is 18.2 Å². The van der Waals surface area contributed by atoms with Crippen molar-refractivity contribution in [3.05, 3.63) is 59.2 Å². The lowest BCUT2D eigenvalue weighted by Gasteiger charge is -2.22. The van der Waals surface area contributed by atoms with Crippen molar-refractivity contribution in [2.45, 2.75) is 6.92 Å². The van der Waals surface area contributed by atoms with Crippen LogP contribution in [0.1, 0.15) is 15.9 Å². The van der Waals surface area contributed by atoms with E-state index >= 15 is 0 Å². The standard InChI is InChI=1S/C15H13F2NO/c1-10-5-3-4-6-14(10)18(2)15-12(16)7-11(9-19)8-13(15)17/h3-9H,1-2H3. The minimum atomic E-state index is -0.757. The third-order valence-electron chi connectivity index (χ3n) is 2.99. The van der Waals surface area contributed by atoms with Gasteiger partial charge in [0.2, 0.25) is 0 Å². The summed E-state index contributed by atoms with van der Waals surface area (Å²) in [6, 6.07) is 9.35. The molecule has 4 heteroatoms. The van der Waals surface area contributed by atoms with Crippen LogP contribution >= 0.6 is 0 Å². The zero-order valence-electron chi connectivity index (χ0n) is 10.7. The number of benzene rings is 2. The molecule has 19 heavy (non-hydrogen) atoms. The van der Waals surface area contributed by atoms with Crippen molar-refractivity contribution in [3.8, 4) is 0 Å². The predicted molar refractivity (Wildman–Crippen MR) is 71.0 cm³/mol. The maximum Gasteiger partial charge on any atom is 0.150 e. The molecule has 0 unspecified atom stereocenters. The van der Waals surface area contributed by atoms with Gasteiger partial charge in [-0.15, -0.1) is 0 Å². The van der Waals surface area contributed by atoms with Crippen LogP contribution in [-0.2, 0) is 0 Å². The summed E-state index contributed by atoms with van der Waals surface area (Å²) >= 11 is 0. The molecule has 2 aromatic rings. The fourth-order valence-corrected chi connectivity index (χ4v) is 2.03. The van der Waals surface area contributed by atoms with Gasteiger partial charge >= 0.3 is 0 Å². The van der Waals surface area contributed by atoms with Gasteiger partial charge in [-0.25, -0.2) is 8.78 Å². The number of hydrogen-bond acceptors (Lipinski definition) is 2. The highest BCUT2D eigenvalue weighted by Crippen LogP contribution is 2.31. The predicted octanol–water partition coefficient (Wildman–Crippen LogP) is 3.85. The minimum Gasteiger partial charge on any atom is -0.340 e. The molecule has 0 spiro atoms. The Labute approximate surface area is 110 Å². The highest BCUT2D eigenvalue weighted by molar-refractivity contribution is 5.77. The van der Waals surface area contributed by atoms with E-state index in [2.05, 4.69) is 0 Å². The summed E-state index contributed by atoms with van der Waals surface area (Å²) in [5, 5.41) is 0. The highest BCUT2D eigenvalue weighted by atomic mass is 19.1. The fraction of sp³-hybridized carbons (Fsp3) is 0.133. The van der Waals surface area contributed by atoms with Gasteiger partial charge in [0, 0.05) is 18.3 Å². The van der Waals surface area contributed by atoms with Gasteiger partial charge in [0.15, 0.2) is 11.6 Å². The number of carbonyl (C=O) groups is 1. The second-order valence-electron chi connectivity index (χ2n) is 4.30. The summed E-state index contributed by atoms with van der Waals surface area (Å²) in [6.07, 6.45) is 0.420. The largest absolute Gasteiger partial charge is 0.340 e. The van der Waals surface area contributed by atoms with Gasteiger partial charge < -0.3 is 4.90 Å². The van der Waals surface area contributed by atoms with Gasteiger partial charge in [-0.05, 0) is 30.7 Å². The monoisotopic (exact) mass is 261 g/mol. The van der Waals surface area contributed by atoms with E-state index in [0.29, 0.717) is 12.0 Å². The Morgan fingerprint density at radius 3 is 2.21 bits per heavy atom. The van der Waals surface area contributed by atoms with Crippen LogP contribution in [-0.4, -0.2) is 13.3 Å². The smallest absolute Gasteiger partial charge is 0.150 e. The first-order valence-corrected chi connectivity index (χ1v) is 5.78. The van der Waals surface area contributed by atoms with E-state index in [-0.39, 0.29) is 11.3 Å². The topological polar surface area (TPSA) is 20.3 Å². The molecule has 2 rings (SSSR count). The third-order valence-corrected chi connectivity index (χ3v) is 2.99. The Hall–Kier alpha value is -2.23. The van der Waals surface area contributed by atoms with Gasteiger partial charge in [0.1, 0.15) is 12.0 Å². The summed E-state index contributed by atoms with van der Waals surface area (Å²) in [5.74, 6) is -1.51. The maximum atomic E-state index is 13.9. The van der Waals surface area contributed by atoms with E-state index in [4.69, 9.17) is 0 Å². The molecule has 2 aromatic carbocycles. The molecule has 0 aromatic heterocycles. The fourth-order valence-electron chi connectivity index (χ4n) is 2.03. The Morgan fingerprint density at radius 2 is 1.68 bits per heavy atom. The van der Waals surface area contributed by atoms with Crippen molar-refractivity contribution in [2.75, 3.05) is 11.9 Å². The summed E-state index contributed by atoms with van der Waals surface area (Å²) in [5.41, 5.74) is 1.43. The summed E-state index contributed by atoms with van der Waals surface area (Å²) in [4.78, 5) is 12.0. The molecule has 0 saturated heterocycles. The van der Waals surface area contributed by atoms with Crippen LogP contribution in [0.5, 0.6) is 0 Å². The van der Waals surface area contributed by atoms with Crippen LogP contribution in [0.4, 0.5) is 20.2 Å². The van der Waals surface area contributed by atoms with Gasteiger partial charge in [0.05, 0.1) is 0 Å². The van der Waals surface area contributed by atoms with Crippen molar-refractivity contribution in [1.82, 2.24) is 0 Å². The normalized spacial score (nSPS) is 10.3. The van der Waals surface area contributed by atoms with Crippen molar-refractivity contribution in [1.29, 1.82) is 0 Å². The lowest BCUT2D eigenvalue weighted by atomic mass is 10.1. The molecule has 0 aliphatic rings. The first-order valence-electron chi connectivity index (χ1n) is 5.78. The van der Waals surface area contributed by atoms with E-state index in [0.717, 1.165) is 17.7 Å². The van der Waals surface area contributed by atoms with Crippen LogP contribution in [0.2, 0.25) is 0 Å². The molecule has 0 bridgehead atoms. The Morgan fingerprint density at radius 1 is 1.11 bits per heavy atom. The summed E-state index contributed by atoms with van der Waals surface area (Å²) in [7, 11) is 1.59. The SMILES string of the molecule is Cc1ccccc1N(C)c1c(F)cc(C=O)cc1F. The minimum absolute atomic E-state index is 0.0167. The second-order valence-corrected chi connectivity index (χ2v) is 4.30. The number of anilines is 2. The van der Waals surface area contributed by atoms with Crippen LogP contribution in [0.3, 0.4) is 0 Å². The lowest BCUT2D eigenvalue weighted by Crippen LogP contribution is -2.14. The number of hydrogen-bond donors (Lipinski definition) is 0. The number of carbonyl (C=O) groups excluding carboxylic acids is 1. The molecule has 0 amide bonds. The molecular formula is C15H13F2NO. The molecule has 0 radical (unpaired) electrons. The molecule has 0 atom stereocenters. The molecule has 0 aliphatic heterocycles. The molecule has 0 saturated carbocycles. The lowest BCUT2D eigenvalue weighted by molar-refractivity contribution is 0.112. The van der Waals surface area contributed by atoms with Crippen molar-refractivity contribution >= 4 is 17.7 Å². The number of nitrogens with zero attached hydrogens (tertiary/aromatic N) is 1. The average molecular weight is 261 g/mol. The molecule has 0 aliphatic carbocycles. The van der Waals surface area contributed by atoms with E-state index in [1.165, 1.54) is 4.90 Å². The first-order chi connectivity index (χ1) is 9.04. The number of aldehydes is 1. The number of rotatable bonds is 3. The van der Waals surface area contributed by atoms with Crippen molar-refractivity contribution < 1.29 is 13.6 Å². The van der Waals surface area contributed by atoms with E-state index < -0.39 is 11.6 Å². The molecule has 2 nitrogen and oxygen atoms in total. The Bertz CT molecular complexity index is 602. The molecule has 98 valence electrons. The van der Waals surface area contributed by atoms with E-state index in [1.807, 2.05) is 19.1 Å². The van der Waals surface area contributed by atoms with Crippen LogP contribution in [0.25, 0.3) is 0 Å². The number of halogens is 2. The number of para-hydroxylation sites is 1. The van der Waals surface area contributed by atoms with E-state index in [9.17, 15) is 13.6 Å². The van der Waals surface area contributed by atoms with Crippen LogP contribution in [0.15, 0.2) is 36.4 Å². The summed E-state index contributed by atoms with van der Waals surface area (Å²) in [6.45, 7) is 1.86. The van der Waals surface area contributed by atoms with Crippen LogP contribution in [0, 0.1) is 18.6 Å². The second kappa shape index (κ2) is 5.18. The van der Waals surface area contributed by atoms with Crippen LogP contribution < -0.4 is 4.90 Å². The van der Waals surface area contributed by atoms with Gasteiger partial charge in [0.25, 0.3) is 0 Å². The zero-order chi connectivity index (χ0) is 14.0. The summed E-state index contributed by atoms with van der Waals surface area (Å²) < 4.78 is 27.9. The quantitative estimate of drug-likeness (QED) is 0.782. The van der Waals surface area contributed by atoms with E-state index in [1.54, 1.807) is 19.2 Å². The average Bonchev–Trinajstić information content (AvgIpc) is 2.38. The number of aryl methyl sites for hydroxylation is 1. The maximum absolute atomic E-state index is 13.9. The molecule has 0 fully saturated rings. The molecular weight excluding hydrogens is 248 g/mol. The Balaban J connectivity index is 2.53. The molecule has 0 heterocycles. The van der Waals surface area contributed by atoms with Gasteiger partial charge in [-0.3, -0.25) is 4.79 Å². The van der Waals surface area contributed by atoms with Gasteiger partial charge in [-0.2, -0.15) is 0 Å². The third kappa shape index (κ3) is 2.47. The Kier molecular flexibility index (Phi) is 3.60.